The zero-order valence-electron chi connectivity index (χ0n) is 14.1. The largest absolute Gasteiger partial charge is 0.372 e. The third kappa shape index (κ3) is 3.04. The number of fused-ring (bicyclic) bond motifs is 1. The third-order valence-electron chi connectivity index (χ3n) is 3.96. The number of aromatic nitrogens is 6. The molecule has 0 aliphatic rings. The Kier molecular flexibility index (Phi) is 4.27. The molecule has 7 heteroatoms. The highest BCUT2D eigenvalue weighted by molar-refractivity contribution is 5.67. The summed E-state index contributed by atoms with van der Waals surface area (Å²) < 4.78 is 3.79. The zero-order chi connectivity index (χ0) is 16.4. The summed E-state index contributed by atoms with van der Waals surface area (Å²) >= 11 is 0. The molecule has 3 aromatic rings. The van der Waals surface area contributed by atoms with E-state index < -0.39 is 0 Å². The number of nitrogens with one attached hydrogen (secondary N) is 1. The Morgan fingerprint density at radius 2 is 2.13 bits per heavy atom. The smallest absolute Gasteiger partial charge is 0.200 e. The minimum Gasteiger partial charge on any atom is -0.372 e. The highest BCUT2D eigenvalue weighted by Crippen LogP contribution is 2.26. The van der Waals surface area contributed by atoms with E-state index in [0.29, 0.717) is 5.92 Å². The maximum absolute atomic E-state index is 4.56. The molecule has 0 fully saturated rings. The van der Waals surface area contributed by atoms with E-state index in [1.165, 1.54) is 0 Å². The van der Waals surface area contributed by atoms with Crippen molar-refractivity contribution in [2.45, 2.75) is 45.6 Å². The summed E-state index contributed by atoms with van der Waals surface area (Å²) in [5.41, 5.74) is 2.70. The molecule has 0 saturated heterocycles. The summed E-state index contributed by atoms with van der Waals surface area (Å²) in [5, 5.41) is 16.3. The number of aryl methyl sites for hydroxylation is 1. The Labute approximate surface area is 135 Å². The maximum atomic E-state index is 4.56. The van der Waals surface area contributed by atoms with Crippen molar-refractivity contribution in [1.82, 2.24) is 29.4 Å². The van der Waals surface area contributed by atoms with Gasteiger partial charge in [0.1, 0.15) is 12.2 Å². The van der Waals surface area contributed by atoms with Gasteiger partial charge in [-0.15, -0.1) is 10.2 Å². The van der Waals surface area contributed by atoms with Gasteiger partial charge in [-0.3, -0.25) is 0 Å². The molecule has 1 atom stereocenters. The Morgan fingerprint density at radius 1 is 1.30 bits per heavy atom. The minimum atomic E-state index is 0.128. The number of nitrogens with zero attached hydrogens (tertiary/aromatic N) is 6. The maximum Gasteiger partial charge on any atom is 0.200 e. The second-order valence-corrected chi connectivity index (χ2v) is 6.12. The van der Waals surface area contributed by atoms with E-state index in [4.69, 9.17) is 0 Å². The van der Waals surface area contributed by atoms with Gasteiger partial charge in [0.2, 0.25) is 5.65 Å². The van der Waals surface area contributed by atoms with Crippen molar-refractivity contribution < 1.29 is 0 Å². The van der Waals surface area contributed by atoms with Crippen LogP contribution in [0.2, 0.25) is 0 Å². The van der Waals surface area contributed by atoms with Gasteiger partial charge in [-0.25, -0.2) is 4.98 Å². The van der Waals surface area contributed by atoms with Crippen molar-refractivity contribution in [2.24, 2.45) is 7.05 Å². The second kappa shape index (κ2) is 6.36. The fraction of sp³-hybridized carbons (Fsp3) is 0.500. The standard InChI is InChI=1S/C16H23N7/c1-5-6-12(15-17-7-8-22(15)4)19-14-9-13(11(2)3)21-23-10-18-20-16(14)23/h7-12,19H,5-6H2,1-4H3. The van der Waals surface area contributed by atoms with E-state index in [1.807, 2.05) is 19.4 Å². The molecular formula is C16H23N7. The number of imidazole rings is 1. The molecule has 0 amide bonds. The molecule has 7 nitrogen and oxygen atoms in total. The lowest BCUT2D eigenvalue weighted by molar-refractivity contribution is 0.612. The fourth-order valence-electron chi connectivity index (χ4n) is 2.69. The minimum absolute atomic E-state index is 0.128. The van der Waals surface area contributed by atoms with Crippen LogP contribution in [0.15, 0.2) is 24.8 Å². The highest BCUT2D eigenvalue weighted by atomic mass is 15.3. The van der Waals surface area contributed by atoms with E-state index in [-0.39, 0.29) is 6.04 Å². The molecular weight excluding hydrogens is 290 g/mol. The SMILES string of the molecule is CCCC(Nc1cc(C(C)C)nn2cnnc12)c1nccn1C. The lowest BCUT2D eigenvalue weighted by Crippen LogP contribution is -2.16. The van der Waals surface area contributed by atoms with Crippen LogP contribution in [0.25, 0.3) is 5.65 Å². The molecule has 0 aromatic carbocycles. The molecule has 3 rings (SSSR count). The summed E-state index contributed by atoms with van der Waals surface area (Å²) in [5.74, 6) is 1.35. The van der Waals surface area contributed by atoms with E-state index in [9.17, 15) is 0 Å². The first-order chi connectivity index (χ1) is 11.1. The van der Waals surface area contributed by atoms with Gasteiger partial charge in [0.05, 0.1) is 17.4 Å². The summed E-state index contributed by atoms with van der Waals surface area (Å²) in [7, 11) is 2.02. The van der Waals surface area contributed by atoms with Crippen LogP contribution in [-0.2, 0) is 7.05 Å². The second-order valence-electron chi connectivity index (χ2n) is 6.12. The Morgan fingerprint density at radius 3 is 2.78 bits per heavy atom. The van der Waals surface area contributed by atoms with Gasteiger partial charge in [-0.1, -0.05) is 27.2 Å². The lowest BCUT2D eigenvalue weighted by atomic mass is 10.1. The Bertz CT molecular complexity index is 787. The monoisotopic (exact) mass is 313 g/mol. The molecule has 0 spiro atoms. The molecule has 0 bridgehead atoms. The first-order valence-corrected chi connectivity index (χ1v) is 8.04. The summed E-state index contributed by atoms with van der Waals surface area (Å²) in [6, 6.07) is 2.20. The molecule has 1 unspecified atom stereocenters. The predicted molar refractivity (Wildman–Crippen MR) is 89.4 cm³/mol. The average Bonchev–Trinajstić information content (AvgIpc) is 3.15. The van der Waals surface area contributed by atoms with Crippen LogP contribution >= 0.6 is 0 Å². The molecule has 0 aliphatic carbocycles. The van der Waals surface area contributed by atoms with Gasteiger partial charge in [0.25, 0.3) is 0 Å². The Balaban J connectivity index is 2.01. The van der Waals surface area contributed by atoms with Gasteiger partial charge in [-0.2, -0.15) is 9.61 Å². The van der Waals surface area contributed by atoms with Gasteiger partial charge >= 0.3 is 0 Å². The van der Waals surface area contributed by atoms with Gasteiger partial charge in [0, 0.05) is 19.4 Å². The van der Waals surface area contributed by atoms with Crippen LogP contribution in [0.4, 0.5) is 5.69 Å². The van der Waals surface area contributed by atoms with Crippen LogP contribution in [0.3, 0.4) is 0 Å². The predicted octanol–water partition coefficient (Wildman–Crippen LogP) is 2.93. The topological polar surface area (TPSA) is 72.9 Å². The third-order valence-corrected chi connectivity index (χ3v) is 3.96. The van der Waals surface area contributed by atoms with Crippen LogP contribution < -0.4 is 5.32 Å². The number of anilines is 1. The number of rotatable bonds is 6. The van der Waals surface area contributed by atoms with E-state index in [1.54, 1.807) is 10.8 Å². The Hall–Kier alpha value is -2.44. The summed E-state index contributed by atoms with van der Waals surface area (Å²) in [6.07, 6.45) is 7.50. The first kappa shape index (κ1) is 15.5. The van der Waals surface area contributed by atoms with E-state index >= 15 is 0 Å². The van der Waals surface area contributed by atoms with Gasteiger partial charge in [-0.05, 0) is 18.4 Å². The van der Waals surface area contributed by atoms with Gasteiger partial charge < -0.3 is 9.88 Å². The van der Waals surface area contributed by atoms with Crippen molar-refractivity contribution in [3.63, 3.8) is 0 Å². The van der Waals surface area contributed by atoms with E-state index in [0.717, 1.165) is 35.7 Å². The van der Waals surface area contributed by atoms with Gasteiger partial charge in [0.15, 0.2) is 0 Å². The highest BCUT2D eigenvalue weighted by Gasteiger charge is 2.18. The molecule has 0 radical (unpaired) electrons. The summed E-state index contributed by atoms with van der Waals surface area (Å²) in [6.45, 7) is 6.44. The summed E-state index contributed by atoms with van der Waals surface area (Å²) in [4.78, 5) is 4.50. The molecule has 1 N–H and O–H groups in total. The fourth-order valence-corrected chi connectivity index (χ4v) is 2.69. The van der Waals surface area contributed by atoms with Crippen LogP contribution in [0.5, 0.6) is 0 Å². The average molecular weight is 313 g/mol. The van der Waals surface area contributed by atoms with Crippen molar-refractivity contribution in [3.05, 3.63) is 36.3 Å². The molecule has 0 aliphatic heterocycles. The lowest BCUT2D eigenvalue weighted by Gasteiger charge is -2.20. The van der Waals surface area contributed by atoms with Crippen molar-refractivity contribution in [2.75, 3.05) is 5.32 Å². The molecule has 0 saturated carbocycles. The molecule has 3 aromatic heterocycles. The molecule has 23 heavy (non-hydrogen) atoms. The van der Waals surface area contributed by atoms with Crippen LogP contribution in [0, 0.1) is 0 Å². The number of hydrogen-bond acceptors (Lipinski definition) is 5. The van der Waals surface area contributed by atoms with Crippen molar-refractivity contribution in [1.29, 1.82) is 0 Å². The molecule has 3 heterocycles. The number of hydrogen-bond donors (Lipinski definition) is 1. The van der Waals surface area contributed by atoms with Crippen LogP contribution in [-0.4, -0.2) is 29.4 Å². The first-order valence-electron chi connectivity index (χ1n) is 8.04. The van der Waals surface area contributed by atoms with E-state index in [2.05, 4.69) is 57.0 Å². The van der Waals surface area contributed by atoms with Crippen molar-refractivity contribution >= 4 is 11.3 Å². The zero-order valence-corrected chi connectivity index (χ0v) is 14.1. The van der Waals surface area contributed by atoms with Crippen molar-refractivity contribution in [3.8, 4) is 0 Å². The quantitative estimate of drug-likeness (QED) is 0.757. The molecule has 122 valence electrons. The normalized spacial score (nSPS) is 12.9. The van der Waals surface area contributed by atoms with Crippen LogP contribution in [0.1, 0.15) is 57.1 Å².